The molecule has 0 aliphatic carbocycles. The molecule has 240 valence electrons. The lowest BCUT2D eigenvalue weighted by molar-refractivity contribution is -0.138. The van der Waals surface area contributed by atoms with E-state index in [1.54, 1.807) is 24.7 Å². The Labute approximate surface area is 290 Å². The lowest BCUT2D eigenvalue weighted by atomic mass is 9.93. The number of aromatic nitrogens is 2. The van der Waals surface area contributed by atoms with Crippen LogP contribution in [0, 0.1) is 0 Å². The molecule has 0 saturated carbocycles. The molecule has 0 bridgehead atoms. The average Bonchev–Trinajstić information content (AvgIpc) is 3.61. The van der Waals surface area contributed by atoms with Crippen LogP contribution in [-0.2, 0) is 16.1 Å². The molecular formula is C38H29Cl2N3O4S. The molecule has 1 unspecified atom stereocenters. The second kappa shape index (κ2) is 13.3. The first-order chi connectivity index (χ1) is 23.4. The van der Waals surface area contributed by atoms with E-state index in [9.17, 15) is 9.59 Å². The van der Waals surface area contributed by atoms with E-state index in [4.69, 9.17) is 37.7 Å². The summed E-state index contributed by atoms with van der Waals surface area (Å²) in [6.45, 7) is 2.49. The van der Waals surface area contributed by atoms with Crippen LogP contribution in [0.5, 0.6) is 5.75 Å². The van der Waals surface area contributed by atoms with Crippen LogP contribution in [0.1, 0.15) is 35.2 Å². The van der Waals surface area contributed by atoms with Crippen molar-refractivity contribution in [1.82, 2.24) is 9.13 Å². The van der Waals surface area contributed by atoms with Gasteiger partial charge in [-0.1, -0.05) is 101 Å². The topological polar surface area (TPSA) is 74.8 Å². The van der Waals surface area contributed by atoms with E-state index in [0.29, 0.717) is 42.9 Å². The zero-order chi connectivity index (χ0) is 33.4. The monoisotopic (exact) mass is 693 g/mol. The van der Waals surface area contributed by atoms with Crippen molar-refractivity contribution in [1.29, 1.82) is 0 Å². The van der Waals surface area contributed by atoms with Crippen LogP contribution in [0.25, 0.3) is 22.7 Å². The van der Waals surface area contributed by atoms with Gasteiger partial charge < -0.3 is 14.0 Å². The molecule has 0 N–H and O–H groups in total. The van der Waals surface area contributed by atoms with Gasteiger partial charge in [0.1, 0.15) is 5.75 Å². The lowest BCUT2D eigenvalue weighted by Gasteiger charge is -2.26. The van der Waals surface area contributed by atoms with E-state index < -0.39 is 12.0 Å². The third-order valence-electron chi connectivity index (χ3n) is 8.23. The Bertz CT molecular complexity index is 2410. The minimum atomic E-state index is -0.802. The molecule has 7 nitrogen and oxygen atoms in total. The van der Waals surface area contributed by atoms with Gasteiger partial charge in [0, 0.05) is 34.8 Å². The maximum Gasteiger partial charge on any atom is 0.338 e. The van der Waals surface area contributed by atoms with E-state index in [-0.39, 0.29) is 17.7 Å². The standard InChI is InChI=1S/C38H29Cl2N3O4S/c1-3-47-37(45)33-34(24-10-5-4-6-11-24)41-38-43(35(33)25-12-9-13-27(19-25)46-2)36(44)32(48-38)20-26-22-42(31-15-8-7-14-28(26)31)21-23-16-17-29(39)30(40)18-23/h4-20,22,35H,3,21H2,1-2H3/b32-20+. The summed E-state index contributed by atoms with van der Waals surface area (Å²) in [6, 6.07) is 29.7. The molecule has 3 heterocycles. The third-order valence-corrected chi connectivity index (χ3v) is 9.95. The minimum absolute atomic E-state index is 0.173. The predicted molar refractivity (Wildman–Crippen MR) is 192 cm³/mol. The van der Waals surface area contributed by atoms with Crippen LogP contribution < -0.4 is 19.6 Å². The Balaban J connectivity index is 1.44. The average molecular weight is 695 g/mol. The maximum absolute atomic E-state index is 14.5. The van der Waals surface area contributed by atoms with Gasteiger partial charge in [-0.15, -0.1) is 0 Å². The number of halogens is 2. The summed E-state index contributed by atoms with van der Waals surface area (Å²) < 4.78 is 15.3. The summed E-state index contributed by atoms with van der Waals surface area (Å²) in [7, 11) is 1.58. The molecule has 0 saturated heterocycles. The molecule has 7 rings (SSSR count). The normalized spacial score (nSPS) is 14.6. The van der Waals surface area contributed by atoms with Crippen LogP contribution >= 0.6 is 34.5 Å². The van der Waals surface area contributed by atoms with Crippen molar-refractivity contribution in [2.24, 2.45) is 4.99 Å². The summed E-state index contributed by atoms with van der Waals surface area (Å²) in [5, 5.41) is 1.99. The summed E-state index contributed by atoms with van der Waals surface area (Å²) >= 11 is 13.8. The van der Waals surface area contributed by atoms with Gasteiger partial charge in [0.05, 0.1) is 45.6 Å². The molecule has 10 heteroatoms. The van der Waals surface area contributed by atoms with Crippen LogP contribution in [0.2, 0.25) is 10.0 Å². The third kappa shape index (κ3) is 5.87. The minimum Gasteiger partial charge on any atom is -0.497 e. The quantitative estimate of drug-likeness (QED) is 0.157. The summed E-state index contributed by atoms with van der Waals surface area (Å²) in [5.41, 5.74) is 4.81. The fourth-order valence-corrected chi connectivity index (χ4v) is 7.38. The summed E-state index contributed by atoms with van der Waals surface area (Å²) in [4.78, 5) is 33.7. The van der Waals surface area contributed by atoms with Gasteiger partial charge in [0.25, 0.3) is 5.56 Å². The predicted octanol–water partition coefficient (Wildman–Crippen LogP) is 7.25. The highest BCUT2D eigenvalue weighted by molar-refractivity contribution is 7.07. The van der Waals surface area contributed by atoms with Gasteiger partial charge in [0.15, 0.2) is 4.80 Å². The van der Waals surface area contributed by atoms with Gasteiger partial charge in [-0.2, -0.15) is 0 Å². The molecule has 48 heavy (non-hydrogen) atoms. The number of carbonyl (C=O) groups is 1. The van der Waals surface area contributed by atoms with E-state index in [0.717, 1.165) is 27.6 Å². The maximum atomic E-state index is 14.5. The Morgan fingerprint density at radius 1 is 0.958 bits per heavy atom. The van der Waals surface area contributed by atoms with Gasteiger partial charge in [-0.25, -0.2) is 9.79 Å². The zero-order valence-corrected chi connectivity index (χ0v) is 28.4. The van der Waals surface area contributed by atoms with Crippen LogP contribution in [-0.4, -0.2) is 28.8 Å². The van der Waals surface area contributed by atoms with Crippen molar-refractivity contribution in [2.45, 2.75) is 19.5 Å². The van der Waals surface area contributed by atoms with Gasteiger partial charge in [-0.3, -0.25) is 9.36 Å². The second-order valence-corrected chi connectivity index (χ2v) is 13.0. The molecule has 0 spiro atoms. The van der Waals surface area contributed by atoms with Gasteiger partial charge in [-0.05, 0) is 54.5 Å². The Kier molecular flexibility index (Phi) is 8.79. The fraction of sp³-hybridized carbons (Fsp3) is 0.132. The Morgan fingerprint density at radius 2 is 1.75 bits per heavy atom. The number of rotatable bonds is 8. The van der Waals surface area contributed by atoms with Gasteiger partial charge >= 0.3 is 5.97 Å². The summed E-state index contributed by atoms with van der Waals surface area (Å²) in [6.07, 6.45) is 3.93. The number of thiazole rings is 1. The number of benzene rings is 4. The number of ether oxygens (including phenoxy) is 2. The lowest BCUT2D eigenvalue weighted by Crippen LogP contribution is -2.40. The first kappa shape index (κ1) is 31.7. The zero-order valence-electron chi connectivity index (χ0n) is 26.0. The Morgan fingerprint density at radius 3 is 2.52 bits per heavy atom. The summed E-state index contributed by atoms with van der Waals surface area (Å²) in [5.74, 6) is 0.0680. The molecule has 2 aromatic heterocycles. The number of esters is 1. The first-order valence-corrected chi connectivity index (χ1v) is 16.9. The molecule has 0 fully saturated rings. The highest BCUT2D eigenvalue weighted by Gasteiger charge is 2.35. The molecule has 1 aliphatic heterocycles. The van der Waals surface area contributed by atoms with Crippen molar-refractivity contribution in [3.05, 3.63) is 161 Å². The van der Waals surface area contributed by atoms with E-state index in [1.807, 2.05) is 103 Å². The van der Waals surface area contributed by atoms with Crippen LogP contribution in [0.4, 0.5) is 0 Å². The second-order valence-electron chi connectivity index (χ2n) is 11.2. The van der Waals surface area contributed by atoms with E-state index >= 15 is 0 Å². The number of fused-ring (bicyclic) bond motifs is 2. The molecule has 6 aromatic rings. The first-order valence-electron chi connectivity index (χ1n) is 15.3. The number of para-hydroxylation sites is 1. The number of nitrogens with zero attached hydrogens (tertiary/aromatic N) is 3. The van der Waals surface area contributed by atoms with Crippen LogP contribution in [0.3, 0.4) is 0 Å². The molecule has 4 aromatic carbocycles. The molecule has 0 amide bonds. The number of carbonyl (C=O) groups excluding carboxylic acids is 1. The molecule has 1 atom stereocenters. The van der Waals surface area contributed by atoms with E-state index in [1.165, 1.54) is 11.3 Å². The molecule has 0 radical (unpaired) electrons. The van der Waals surface area contributed by atoms with Crippen LogP contribution in [0.15, 0.2) is 119 Å². The molecular weight excluding hydrogens is 665 g/mol. The van der Waals surface area contributed by atoms with Crippen molar-refractivity contribution in [2.75, 3.05) is 13.7 Å². The fourth-order valence-electron chi connectivity index (χ4n) is 6.06. The van der Waals surface area contributed by atoms with Crippen molar-refractivity contribution in [3.8, 4) is 5.75 Å². The highest BCUT2D eigenvalue weighted by Crippen LogP contribution is 2.36. The SMILES string of the molecule is CCOC(=O)C1=C(c2ccccc2)N=c2s/c(=C/c3cn(Cc4ccc(Cl)c(Cl)c4)c4ccccc34)c(=O)n2C1c1cccc(OC)c1. The van der Waals surface area contributed by atoms with Crippen molar-refractivity contribution in [3.63, 3.8) is 0 Å². The largest absolute Gasteiger partial charge is 0.497 e. The smallest absolute Gasteiger partial charge is 0.338 e. The molecule has 1 aliphatic rings. The highest BCUT2D eigenvalue weighted by atomic mass is 35.5. The van der Waals surface area contributed by atoms with Crippen molar-refractivity contribution >= 4 is 63.2 Å². The number of hydrogen-bond acceptors (Lipinski definition) is 6. The van der Waals surface area contributed by atoms with Gasteiger partial charge in [0.2, 0.25) is 0 Å². The number of methoxy groups -OCH3 is 1. The van der Waals surface area contributed by atoms with E-state index in [2.05, 4.69) is 4.57 Å². The Hall–Kier alpha value is -4.89. The van der Waals surface area contributed by atoms with Crippen molar-refractivity contribution < 1.29 is 14.3 Å². The number of hydrogen-bond donors (Lipinski definition) is 0.